The third kappa shape index (κ3) is 4.90. The molecule has 1 amide bonds. The monoisotopic (exact) mass is 230 g/mol. The summed E-state index contributed by atoms with van der Waals surface area (Å²) >= 11 is 0. The van der Waals surface area contributed by atoms with Crippen LogP contribution in [0.3, 0.4) is 0 Å². The van der Waals surface area contributed by atoms with E-state index in [9.17, 15) is 10.0 Å². The third-order valence-corrected chi connectivity index (χ3v) is 1.92. The summed E-state index contributed by atoms with van der Waals surface area (Å²) in [6.45, 7) is 3.60. The van der Waals surface area contributed by atoms with E-state index in [1.165, 1.54) is 6.20 Å². The maximum absolute atomic E-state index is 11.4. The second kappa shape index (κ2) is 7.14. The standard InChI is InChI=1S/C13H14N2O2/c1-2-3-9-14-10-13(16)15(17)11-12-7-5-4-6-8-12/h2-10,17H,1,11H2/b9-3-,14-10?. The molecule has 0 spiro atoms. The summed E-state index contributed by atoms with van der Waals surface area (Å²) in [7, 11) is 0. The smallest absolute Gasteiger partial charge is 0.285 e. The molecule has 1 aromatic rings. The van der Waals surface area contributed by atoms with Gasteiger partial charge in [-0.15, -0.1) is 0 Å². The van der Waals surface area contributed by atoms with Crippen molar-refractivity contribution in [1.29, 1.82) is 0 Å². The number of amides is 1. The molecule has 0 aliphatic rings. The van der Waals surface area contributed by atoms with E-state index in [4.69, 9.17) is 0 Å². The van der Waals surface area contributed by atoms with Crippen molar-refractivity contribution < 1.29 is 10.0 Å². The largest absolute Gasteiger partial charge is 0.288 e. The Morgan fingerprint density at radius 2 is 2.12 bits per heavy atom. The molecule has 4 heteroatoms. The number of benzene rings is 1. The minimum Gasteiger partial charge on any atom is -0.285 e. The fourth-order valence-corrected chi connectivity index (χ4v) is 1.12. The normalized spacial score (nSPS) is 10.9. The van der Waals surface area contributed by atoms with Crippen LogP contribution in [0.25, 0.3) is 0 Å². The molecule has 0 saturated carbocycles. The lowest BCUT2D eigenvalue weighted by molar-refractivity contribution is -0.158. The summed E-state index contributed by atoms with van der Waals surface area (Å²) in [5.41, 5.74) is 0.846. The average molecular weight is 230 g/mol. The molecule has 0 fully saturated rings. The Morgan fingerprint density at radius 3 is 2.76 bits per heavy atom. The fourth-order valence-electron chi connectivity index (χ4n) is 1.12. The summed E-state index contributed by atoms with van der Waals surface area (Å²) < 4.78 is 0. The van der Waals surface area contributed by atoms with E-state index in [2.05, 4.69) is 11.6 Å². The summed E-state index contributed by atoms with van der Waals surface area (Å²) in [6, 6.07) is 9.20. The number of carbonyl (C=O) groups is 1. The van der Waals surface area contributed by atoms with E-state index in [0.29, 0.717) is 5.06 Å². The Bertz CT molecular complexity index is 424. The number of nitrogens with zero attached hydrogens (tertiary/aromatic N) is 2. The molecule has 0 atom stereocenters. The van der Waals surface area contributed by atoms with E-state index in [1.54, 1.807) is 12.2 Å². The average Bonchev–Trinajstić information content (AvgIpc) is 2.35. The molecular formula is C13H14N2O2. The summed E-state index contributed by atoms with van der Waals surface area (Å²) in [5, 5.41) is 10.1. The van der Waals surface area contributed by atoms with Crippen molar-refractivity contribution in [2.24, 2.45) is 4.99 Å². The number of aliphatic imine (C=N–C) groups is 1. The summed E-state index contributed by atoms with van der Waals surface area (Å²) in [4.78, 5) is 15.1. The molecular weight excluding hydrogens is 216 g/mol. The number of allylic oxidation sites excluding steroid dienone is 2. The quantitative estimate of drug-likeness (QED) is 0.365. The molecule has 0 heterocycles. The molecule has 0 aromatic heterocycles. The third-order valence-electron chi connectivity index (χ3n) is 1.92. The Hall–Kier alpha value is -2.20. The lowest BCUT2D eigenvalue weighted by atomic mass is 10.2. The number of hydrogen-bond acceptors (Lipinski definition) is 3. The first-order valence-electron chi connectivity index (χ1n) is 5.09. The van der Waals surface area contributed by atoms with Crippen LogP contribution in [-0.2, 0) is 11.3 Å². The van der Waals surface area contributed by atoms with Crippen LogP contribution < -0.4 is 0 Å². The first-order valence-corrected chi connectivity index (χ1v) is 5.09. The van der Waals surface area contributed by atoms with Gasteiger partial charge < -0.3 is 0 Å². The van der Waals surface area contributed by atoms with Crippen LogP contribution in [0.5, 0.6) is 0 Å². The second-order valence-electron chi connectivity index (χ2n) is 3.24. The SMILES string of the molecule is C=C/C=C\N=CC(=O)N(O)Cc1ccccc1. The Morgan fingerprint density at radius 1 is 1.41 bits per heavy atom. The van der Waals surface area contributed by atoms with Crippen LogP contribution in [0, 0.1) is 0 Å². The number of hydroxylamine groups is 2. The second-order valence-corrected chi connectivity index (χ2v) is 3.24. The summed E-state index contributed by atoms with van der Waals surface area (Å²) in [6.07, 6.45) is 5.59. The zero-order chi connectivity index (χ0) is 12.5. The van der Waals surface area contributed by atoms with Gasteiger partial charge in [-0.2, -0.15) is 0 Å². The molecule has 17 heavy (non-hydrogen) atoms. The molecule has 0 saturated heterocycles. The first-order chi connectivity index (χ1) is 8.24. The zero-order valence-electron chi connectivity index (χ0n) is 9.36. The molecule has 0 radical (unpaired) electrons. The van der Waals surface area contributed by atoms with Gasteiger partial charge in [0.15, 0.2) is 0 Å². The highest BCUT2D eigenvalue weighted by atomic mass is 16.5. The molecule has 0 aliphatic heterocycles. The molecule has 88 valence electrons. The van der Waals surface area contributed by atoms with E-state index < -0.39 is 5.91 Å². The molecule has 1 rings (SSSR count). The van der Waals surface area contributed by atoms with Crippen molar-refractivity contribution >= 4 is 12.1 Å². The van der Waals surface area contributed by atoms with Gasteiger partial charge in [0.05, 0.1) is 12.8 Å². The predicted octanol–water partition coefficient (Wildman–Crippen LogP) is 2.17. The molecule has 1 N–H and O–H groups in total. The highest BCUT2D eigenvalue weighted by molar-refractivity contribution is 6.25. The number of carbonyl (C=O) groups excluding carboxylic acids is 1. The van der Waals surface area contributed by atoms with Crippen LogP contribution in [0.1, 0.15) is 5.56 Å². The van der Waals surface area contributed by atoms with Gasteiger partial charge in [-0.3, -0.25) is 15.0 Å². The highest BCUT2D eigenvalue weighted by Gasteiger charge is 2.07. The molecule has 0 aliphatic carbocycles. The lowest BCUT2D eigenvalue weighted by Gasteiger charge is -2.11. The first kappa shape index (κ1) is 12.9. The van der Waals surface area contributed by atoms with Gasteiger partial charge in [0.25, 0.3) is 5.91 Å². The molecule has 0 bridgehead atoms. The van der Waals surface area contributed by atoms with Crippen molar-refractivity contribution in [2.45, 2.75) is 6.54 Å². The Labute approximate surface area is 100 Å². The van der Waals surface area contributed by atoms with Crippen molar-refractivity contribution in [1.82, 2.24) is 5.06 Å². The van der Waals surface area contributed by atoms with Gasteiger partial charge in [0, 0.05) is 6.20 Å². The van der Waals surface area contributed by atoms with Gasteiger partial charge >= 0.3 is 0 Å². The topological polar surface area (TPSA) is 52.9 Å². The van der Waals surface area contributed by atoms with E-state index in [0.717, 1.165) is 11.8 Å². The van der Waals surface area contributed by atoms with Gasteiger partial charge in [0.1, 0.15) is 0 Å². The Balaban J connectivity index is 2.50. The molecule has 4 nitrogen and oxygen atoms in total. The fraction of sp³-hybridized carbons (Fsp3) is 0.0769. The van der Waals surface area contributed by atoms with Gasteiger partial charge in [0.2, 0.25) is 0 Å². The van der Waals surface area contributed by atoms with Crippen LogP contribution in [0.2, 0.25) is 0 Å². The highest BCUT2D eigenvalue weighted by Crippen LogP contribution is 2.01. The van der Waals surface area contributed by atoms with Gasteiger partial charge in [-0.05, 0) is 11.6 Å². The predicted molar refractivity (Wildman–Crippen MR) is 66.6 cm³/mol. The van der Waals surface area contributed by atoms with Crippen LogP contribution in [0.4, 0.5) is 0 Å². The van der Waals surface area contributed by atoms with Crippen molar-refractivity contribution in [3.05, 3.63) is 60.8 Å². The maximum Gasteiger partial charge on any atom is 0.288 e. The van der Waals surface area contributed by atoms with Crippen molar-refractivity contribution in [3.63, 3.8) is 0 Å². The minimum atomic E-state index is -0.567. The Kier molecular flexibility index (Phi) is 5.40. The van der Waals surface area contributed by atoms with E-state index in [1.807, 2.05) is 30.3 Å². The summed E-state index contributed by atoms with van der Waals surface area (Å²) in [5.74, 6) is -0.567. The van der Waals surface area contributed by atoms with Crippen LogP contribution in [0.15, 0.2) is 60.3 Å². The molecule has 0 unspecified atom stereocenters. The molecule has 1 aromatic carbocycles. The minimum absolute atomic E-state index is 0.136. The number of rotatable bonds is 5. The van der Waals surface area contributed by atoms with Crippen molar-refractivity contribution in [2.75, 3.05) is 0 Å². The van der Waals surface area contributed by atoms with Crippen LogP contribution in [-0.4, -0.2) is 22.4 Å². The van der Waals surface area contributed by atoms with Gasteiger partial charge in [-0.1, -0.05) is 43.0 Å². The van der Waals surface area contributed by atoms with Gasteiger partial charge in [-0.25, -0.2) is 5.06 Å². The van der Waals surface area contributed by atoms with Crippen molar-refractivity contribution in [3.8, 4) is 0 Å². The maximum atomic E-state index is 11.4. The zero-order valence-corrected chi connectivity index (χ0v) is 9.36. The van der Waals surface area contributed by atoms with Crippen LogP contribution >= 0.6 is 0 Å². The van der Waals surface area contributed by atoms with E-state index in [-0.39, 0.29) is 6.54 Å². The number of hydrogen-bond donors (Lipinski definition) is 1. The lowest BCUT2D eigenvalue weighted by Crippen LogP contribution is -2.27. The van der Waals surface area contributed by atoms with E-state index >= 15 is 0 Å².